The summed E-state index contributed by atoms with van der Waals surface area (Å²) in [4.78, 5) is 0. The Labute approximate surface area is 77.7 Å². The van der Waals surface area contributed by atoms with E-state index in [1.54, 1.807) is 0 Å². The van der Waals surface area contributed by atoms with Crippen LogP contribution in [0.2, 0.25) is 0 Å². The number of rotatable bonds is 3. The summed E-state index contributed by atoms with van der Waals surface area (Å²) in [6.07, 6.45) is 1.50. The van der Waals surface area contributed by atoms with Crippen LogP contribution >= 0.6 is 0 Å². The summed E-state index contributed by atoms with van der Waals surface area (Å²) in [5.41, 5.74) is 0. The van der Waals surface area contributed by atoms with Gasteiger partial charge in [0.1, 0.15) is 9.84 Å². The monoisotopic (exact) mass is 162 g/mol. The van der Waals surface area contributed by atoms with Gasteiger partial charge < -0.3 is 5.11 Å². The van der Waals surface area contributed by atoms with E-state index in [1.165, 1.54) is 0 Å². The molecule has 0 heterocycles. The van der Waals surface area contributed by atoms with Gasteiger partial charge in [-0.05, 0) is 6.42 Å². The van der Waals surface area contributed by atoms with Crippen LogP contribution in [0.1, 0.15) is 6.42 Å². The van der Waals surface area contributed by atoms with Crippen molar-refractivity contribution in [3.63, 3.8) is 0 Å². The first-order valence-corrected chi connectivity index (χ1v) is 4.41. The molecule has 0 bridgehead atoms. The van der Waals surface area contributed by atoms with Gasteiger partial charge >= 0.3 is 29.6 Å². The zero-order valence-corrected chi connectivity index (χ0v) is 5.61. The molecular weight excluding hydrogens is 151 g/mol. The van der Waals surface area contributed by atoms with E-state index in [0.29, 0.717) is 6.42 Å². The summed E-state index contributed by atoms with van der Waals surface area (Å²) in [6, 6.07) is 0. The van der Waals surface area contributed by atoms with Crippen molar-refractivity contribution >= 4 is 39.4 Å². The summed E-state index contributed by atoms with van der Waals surface area (Å²) in [5.74, 6) is 0.0868. The van der Waals surface area contributed by atoms with Gasteiger partial charge in [0.25, 0.3) is 0 Å². The van der Waals surface area contributed by atoms with Gasteiger partial charge in [0.05, 0.1) is 5.75 Å². The van der Waals surface area contributed by atoms with Crippen LogP contribution in [0.15, 0.2) is 0 Å². The standard InChI is InChI=1S/C4H10O3S.Na.H/c1-8(6,7)4-2-3-5;;/h5H,2-4H2,1H3;;. The molecule has 0 unspecified atom stereocenters. The Hall–Kier alpha value is 0.910. The van der Waals surface area contributed by atoms with Crippen molar-refractivity contribution in [2.45, 2.75) is 6.42 Å². The molecule has 0 aliphatic heterocycles. The molecule has 0 spiro atoms. The number of hydrogen-bond acceptors (Lipinski definition) is 3. The van der Waals surface area contributed by atoms with E-state index in [4.69, 9.17) is 5.11 Å². The summed E-state index contributed by atoms with van der Waals surface area (Å²) in [6.45, 7) is -0.0485. The molecule has 0 radical (unpaired) electrons. The maximum absolute atomic E-state index is 10.3. The SMILES string of the molecule is CS(=O)(=O)CCCO.[NaH]. The molecule has 0 aromatic carbocycles. The first kappa shape index (κ1) is 12.6. The Balaban J connectivity index is 0. The topological polar surface area (TPSA) is 54.4 Å². The molecule has 0 aliphatic rings. The Morgan fingerprint density at radius 2 is 1.89 bits per heavy atom. The van der Waals surface area contributed by atoms with Crippen LogP contribution in [-0.4, -0.2) is 61.7 Å². The molecule has 0 rings (SSSR count). The second-order valence-corrected chi connectivity index (χ2v) is 3.97. The van der Waals surface area contributed by atoms with Gasteiger partial charge in [-0.25, -0.2) is 8.42 Å². The molecule has 0 fully saturated rings. The van der Waals surface area contributed by atoms with Crippen LogP contribution in [0.3, 0.4) is 0 Å². The third kappa shape index (κ3) is 12.2. The van der Waals surface area contributed by atoms with Crippen LogP contribution in [0.4, 0.5) is 0 Å². The van der Waals surface area contributed by atoms with E-state index in [2.05, 4.69) is 0 Å². The van der Waals surface area contributed by atoms with Gasteiger partial charge in [0.2, 0.25) is 0 Å². The minimum absolute atomic E-state index is 0. The number of hydrogen-bond donors (Lipinski definition) is 1. The molecule has 1 N–H and O–H groups in total. The fourth-order valence-corrected chi connectivity index (χ4v) is 0.980. The number of aliphatic hydroxyl groups is 1. The molecule has 0 atom stereocenters. The molecule has 0 saturated carbocycles. The number of sulfone groups is 1. The second kappa shape index (κ2) is 5.68. The average Bonchev–Trinajstić information content (AvgIpc) is 1.59. The van der Waals surface area contributed by atoms with Crippen molar-refractivity contribution in [2.75, 3.05) is 18.6 Å². The van der Waals surface area contributed by atoms with Crippen molar-refractivity contribution in [3.05, 3.63) is 0 Å². The average molecular weight is 162 g/mol. The Morgan fingerprint density at radius 1 is 1.44 bits per heavy atom. The van der Waals surface area contributed by atoms with Crippen molar-refractivity contribution in [1.29, 1.82) is 0 Å². The zero-order valence-electron chi connectivity index (χ0n) is 4.79. The fraction of sp³-hybridized carbons (Fsp3) is 1.00. The van der Waals surface area contributed by atoms with Gasteiger partial charge in [-0.15, -0.1) is 0 Å². The zero-order chi connectivity index (χ0) is 6.62. The van der Waals surface area contributed by atoms with Crippen LogP contribution in [0.5, 0.6) is 0 Å². The van der Waals surface area contributed by atoms with Gasteiger partial charge in [-0.1, -0.05) is 0 Å². The predicted molar refractivity (Wildman–Crippen MR) is 38.6 cm³/mol. The summed E-state index contributed by atoms with van der Waals surface area (Å²) in [7, 11) is -2.85. The fourth-order valence-electron chi connectivity index (χ4n) is 0.327. The van der Waals surface area contributed by atoms with Crippen LogP contribution in [0, 0.1) is 0 Å². The molecule has 0 aromatic rings. The molecule has 9 heavy (non-hydrogen) atoms. The molecule has 3 nitrogen and oxygen atoms in total. The van der Waals surface area contributed by atoms with Crippen molar-refractivity contribution in [1.82, 2.24) is 0 Å². The van der Waals surface area contributed by atoms with Crippen molar-refractivity contribution in [2.24, 2.45) is 0 Å². The van der Waals surface area contributed by atoms with Gasteiger partial charge in [-0.2, -0.15) is 0 Å². The predicted octanol–water partition coefficient (Wildman–Crippen LogP) is -1.24. The van der Waals surface area contributed by atoms with E-state index in [9.17, 15) is 8.42 Å². The van der Waals surface area contributed by atoms with Gasteiger partial charge in [0, 0.05) is 12.9 Å². The Kier molecular flexibility index (Phi) is 7.93. The van der Waals surface area contributed by atoms with E-state index >= 15 is 0 Å². The van der Waals surface area contributed by atoms with Crippen LogP contribution < -0.4 is 0 Å². The van der Waals surface area contributed by atoms with Crippen LogP contribution in [0.25, 0.3) is 0 Å². The third-order valence-electron chi connectivity index (χ3n) is 0.673. The third-order valence-corrected chi connectivity index (χ3v) is 1.70. The quantitative estimate of drug-likeness (QED) is 0.528. The Bertz CT molecular complexity index is 140. The van der Waals surface area contributed by atoms with Gasteiger partial charge in [0.15, 0.2) is 0 Å². The molecule has 0 aliphatic carbocycles. The summed E-state index contributed by atoms with van der Waals surface area (Å²) < 4.78 is 20.6. The Morgan fingerprint density at radius 3 is 2.00 bits per heavy atom. The van der Waals surface area contributed by atoms with E-state index in [0.717, 1.165) is 6.26 Å². The van der Waals surface area contributed by atoms with Crippen LogP contribution in [-0.2, 0) is 9.84 Å². The van der Waals surface area contributed by atoms with Gasteiger partial charge in [-0.3, -0.25) is 0 Å². The molecular formula is C4H11NaO3S. The molecule has 52 valence electrons. The first-order chi connectivity index (χ1) is 3.56. The molecule has 5 heteroatoms. The maximum atomic E-state index is 10.3. The van der Waals surface area contributed by atoms with E-state index in [-0.39, 0.29) is 41.9 Å². The second-order valence-electron chi connectivity index (χ2n) is 1.71. The first-order valence-electron chi connectivity index (χ1n) is 2.35. The van der Waals surface area contributed by atoms with Crippen molar-refractivity contribution in [3.8, 4) is 0 Å². The normalized spacial score (nSPS) is 10.4. The van der Waals surface area contributed by atoms with Crippen molar-refractivity contribution < 1.29 is 13.5 Å². The van der Waals surface area contributed by atoms with E-state index < -0.39 is 9.84 Å². The molecule has 0 aromatic heterocycles. The molecule has 0 amide bonds. The summed E-state index contributed by atoms with van der Waals surface area (Å²) in [5, 5.41) is 8.17. The number of aliphatic hydroxyl groups excluding tert-OH is 1. The minimum atomic E-state index is -2.85. The molecule has 0 saturated heterocycles. The summed E-state index contributed by atoms with van der Waals surface area (Å²) >= 11 is 0. The van der Waals surface area contributed by atoms with E-state index in [1.807, 2.05) is 0 Å².